The number of aromatic nitrogens is 1. The number of hydrogen-bond donors (Lipinski definition) is 1. The summed E-state index contributed by atoms with van der Waals surface area (Å²) < 4.78 is 8.02. The number of nitrogens with zero attached hydrogens (tertiary/aromatic N) is 1. The molecule has 0 atom stereocenters. The average Bonchev–Trinajstić information content (AvgIpc) is 3.18. The highest BCUT2D eigenvalue weighted by molar-refractivity contribution is 9.11. The van der Waals surface area contributed by atoms with E-state index < -0.39 is 0 Å². The minimum Gasteiger partial charge on any atom is -0.428 e. The van der Waals surface area contributed by atoms with Gasteiger partial charge in [-0.15, -0.1) is 11.3 Å². The van der Waals surface area contributed by atoms with Gasteiger partial charge in [-0.2, -0.15) is 0 Å². The fourth-order valence-corrected chi connectivity index (χ4v) is 4.85. The topological polar surface area (TPSA) is 34.2 Å². The van der Waals surface area contributed by atoms with Gasteiger partial charge in [-0.25, -0.2) is 4.98 Å². The highest BCUT2D eigenvalue weighted by Gasteiger charge is 2.19. The lowest BCUT2D eigenvalue weighted by atomic mass is 10.2. The third kappa shape index (κ3) is 3.24. The summed E-state index contributed by atoms with van der Waals surface area (Å²) in [5.41, 5.74) is 3.09. The van der Waals surface area contributed by atoms with E-state index in [1.54, 1.807) is 22.7 Å². The largest absolute Gasteiger partial charge is 0.428 e. The fraction of sp³-hybridized carbons (Fsp3) is 0.118. The van der Waals surface area contributed by atoms with Gasteiger partial charge in [0.15, 0.2) is 5.88 Å². The van der Waals surface area contributed by atoms with E-state index in [4.69, 9.17) is 16.3 Å². The Bertz CT molecular complexity index is 964. The molecule has 1 aliphatic rings. The third-order valence-corrected chi connectivity index (χ3v) is 6.26. The first-order valence-corrected chi connectivity index (χ1v) is 10.1. The van der Waals surface area contributed by atoms with Crippen LogP contribution < -0.4 is 10.1 Å². The fourth-order valence-electron chi connectivity index (χ4n) is 2.38. The van der Waals surface area contributed by atoms with Crippen LogP contribution in [0.15, 0.2) is 45.6 Å². The predicted molar refractivity (Wildman–Crippen MR) is 107 cm³/mol. The Kier molecular flexibility index (Phi) is 4.39. The standard InChI is InChI=1S/C17H12BrClN2OS2/c1-2-9(5-15-20-12-8-14(18)24-17(12)22-15)6-16-21-11-7-10(19)3-4-13(11)23-16/h3-8,20H,2H2,1H3. The van der Waals surface area contributed by atoms with E-state index in [1.165, 1.54) is 0 Å². The van der Waals surface area contributed by atoms with Gasteiger partial charge >= 0.3 is 0 Å². The van der Waals surface area contributed by atoms with Crippen LogP contribution in [0.4, 0.5) is 5.69 Å². The first-order valence-electron chi connectivity index (χ1n) is 7.33. The Morgan fingerprint density at radius 3 is 3.04 bits per heavy atom. The molecule has 7 heteroatoms. The number of fused-ring (bicyclic) bond motifs is 2. The zero-order chi connectivity index (χ0) is 16.7. The maximum atomic E-state index is 6.03. The van der Waals surface area contributed by atoms with E-state index in [-0.39, 0.29) is 0 Å². The maximum absolute atomic E-state index is 6.03. The number of nitrogens with one attached hydrogen (secondary N) is 1. The lowest BCUT2D eigenvalue weighted by molar-refractivity contribution is 0.468. The Morgan fingerprint density at radius 2 is 2.25 bits per heavy atom. The Morgan fingerprint density at radius 1 is 1.38 bits per heavy atom. The molecule has 0 bridgehead atoms. The van der Waals surface area contributed by atoms with Crippen LogP contribution >= 0.6 is 50.2 Å². The van der Waals surface area contributed by atoms with Crippen molar-refractivity contribution in [3.63, 3.8) is 0 Å². The predicted octanol–water partition coefficient (Wildman–Crippen LogP) is 6.91. The van der Waals surface area contributed by atoms with Gasteiger partial charge < -0.3 is 10.1 Å². The first-order chi connectivity index (χ1) is 11.6. The molecule has 1 aromatic carbocycles. The van der Waals surface area contributed by atoms with E-state index in [1.807, 2.05) is 30.3 Å². The summed E-state index contributed by atoms with van der Waals surface area (Å²) in [7, 11) is 0. The van der Waals surface area contributed by atoms with Crippen LogP contribution in [0.3, 0.4) is 0 Å². The van der Waals surface area contributed by atoms with Gasteiger partial charge in [0.1, 0.15) is 5.01 Å². The van der Waals surface area contributed by atoms with Gasteiger partial charge in [-0.3, -0.25) is 0 Å². The van der Waals surface area contributed by atoms with Crippen molar-refractivity contribution in [1.29, 1.82) is 0 Å². The molecule has 4 rings (SSSR count). The van der Waals surface area contributed by atoms with Gasteiger partial charge in [0.05, 0.1) is 19.7 Å². The van der Waals surface area contributed by atoms with Crippen LogP contribution in [0.25, 0.3) is 16.3 Å². The molecular formula is C17H12BrClN2OS2. The molecule has 0 amide bonds. The van der Waals surface area contributed by atoms with Crippen molar-refractivity contribution in [2.45, 2.75) is 13.3 Å². The molecule has 0 radical (unpaired) electrons. The lowest BCUT2D eigenvalue weighted by Crippen LogP contribution is -1.97. The number of ether oxygens (including phenoxy) is 1. The molecule has 122 valence electrons. The van der Waals surface area contributed by atoms with Crippen LogP contribution in [0, 0.1) is 0 Å². The summed E-state index contributed by atoms with van der Waals surface area (Å²) in [6, 6.07) is 7.82. The van der Waals surface area contributed by atoms with E-state index in [9.17, 15) is 0 Å². The molecule has 0 saturated heterocycles. The summed E-state index contributed by atoms with van der Waals surface area (Å²) in [5.74, 6) is 0.751. The molecule has 24 heavy (non-hydrogen) atoms. The summed E-state index contributed by atoms with van der Waals surface area (Å²) in [4.78, 5) is 4.64. The minimum atomic E-state index is 0.710. The summed E-state index contributed by atoms with van der Waals surface area (Å²) in [6.45, 7) is 2.12. The van der Waals surface area contributed by atoms with Gasteiger partial charge in [0, 0.05) is 11.1 Å². The Hall–Kier alpha value is -1.34. The van der Waals surface area contributed by atoms with Crippen LogP contribution in [0.2, 0.25) is 5.02 Å². The number of hydrogen-bond acceptors (Lipinski definition) is 5. The summed E-state index contributed by atoms with van der Waals surface area (Å²) in [5, 5.41) is 5.85. The molecule has 1 N–H and O–H groups in total. The maximum Gasteiger partial charge on any atom is 0.207 e. The number of allylic oxidation sites excluding steroid dienone is 2. The van der Waals surface area contributed by atoms with E-state index in [0.29, 0.717) is 5.02 Å². The highest BCUT2D eigenvalue weighted by atomic mass is 79.9. The quantitative estimate of drug-likeness (QED) is 0.481. The molecule has 3 heterocycles. The zero-order valence-electron chi connectivity index (χ0n) is 12.6. The molecule has 0 unspecified atom stereocenters. The number of anilines is 1. The molecule has 0 saturated carbocycles. The molecular weight excluding hydrogens is 428 g/mol. The van der Waals surface area contributed by atoms with Gasteiger partial charge in [0.2, 0.25) is 5.06 Å². The number of rotatable bonds is 3. The highest BCUT2D eigenvalue weighted by Crippen LogP contribution is 2.44. The van der Waals surface area contributed by atoms with Crippen molar-refractivity contribution in [2.75, 3.05) is 5.32 Å². The van der Waals surface area contributed by atoms with E-state index >= 15 is 0 Å². The van der Waals surface area contributed by atoms with Crippen molar-refractivity contribution >= 4 is 72.2 Å². The number of thiophene rings is 1. The van der Waals surface area contributed by atoms with Crippen molar-refractivity contribution in [3.8, 4) is 5.06 Å². The van der Waals surface area contributed by atoms with Crippen molar-refractivity contribution in [1.82, 2.24) is 4.98 Å². The molecule has 0 spiro atoms. The van der Waals surface area contributed by atoms with Gasteiger partial charge in [0.25, 0.3) is 0 Å². The number of halogens is 2. The Balaban J connectivity index is 1.61. The second-order valence-electron chi connectivity index (χ2n) is 5.22. The van der Waals surface area contributed by atoms with Crippen molar-refractivity contribution in [2.24, 2.45) is 0 Å². The van der Waals surface area contributed by atoms with E-state index in [0.717, 1.165) is 47.6 Å². The minimum absolute atomic E-state index is 0.710. The molecule has 1 aliphatic heterocycles. The average molecular weight is 440 g/mol. The van der Waals surface area contributed by atoms with Crippen LogP contribution in [-0.2, 0) is 0 Å². The lowest BCUT2D eigenvalue weighted by Gasteiger charge is -2.01. The van der Waals surface area contributed by atoms with Gasteiger partial charge in [-0.05, 0) is 58.3 Å². The SMILES string of the molecule is CCC(=Cc1nc2cc(Cl)ccc2s1)C=C1Nc2cc(Br)sc2O1. The third-order valence-electron chi connectivity index (χ3n) is 3.53. The monoisotopic (exact) mass is 438 g/mol. The van der Waals surface area contributed by atoms with Crippen molar-refractivity contribution in [3.05, 3.63) is 55.6 Å². The molecule has 0 aliphatic carbocycles. The molecule has 0 fully saturated rings. The second-order valence-corrected chi connectivity index (χ2v) is 9.12. The first kappa shape index (κ1) is 16.1. The second kappa shape index (κ2) is 6.52. The molecule has 3 nitrogen and oxygen atoms in total. The molecule has 2 aromatic heterocycles. The number of benzene rings is 1. The van der Waals surface area contributed by atoms with Crippen molar-refractivity contribution < 1.29 is 4.74 Å². The Labute approximate surface area is 160 Å². The smallest absolute Gasteiger partial charge is 0.207 e. The number of thiazole rings is 1. The van der Waals surface area contributed by atoms with Gasteiger partial charge in [-0.1, -0.05) is 29.9 Å². The zero-order valence-corrected chi connectivity index (χ0v) is 16.6. The van der Waals surface area contributed by atoms with Crippen LogP contribution in [-0.4, -0.2) is 4.98 Å². The summed E-state index contributed by atoms with van der Waals surface area (Å²) in [6.07, 6.45) is 5.02. The normalized spacial score (nSPS) is 15.6. The van der Waals surface area contributed by atoms with Crippen LogP contribution in [0.1, 0.15) is 18.4 Å². The molecule has 3 aromatic rings. The van der Waals surface area contributed by atoms with E-state index in [2.05, 4.69) is 39.2 Å². The van der Waals surface area contributed by atoms with Crippen LogP contribution in [0.5, 0.6) is 5.06 Å². The summed E-state index contributed by atoms with van der Waals surface area (Å²) >= 11 is 12.7.